The molecule has 0 amide bonds. The second-order valence-electron chi connectivity index (χ2n) is 3.67. The van der Waals surface area contributed by atoms with Crippen LogP contribution in [0.3, 0.4) is 0 Å². The van der Waals surface area contributed by atoms with Gasteiger partial charge in [0, 0.05) is 12.8 Å². The normalized spacial score (nSPS) is 10.6. The Bertz CT molecular complexity index is 274. The Morgan fingerprint density at radius 2 is 2.21 bits per heavy atom. The summed E-state index contributed by atoms with van der Waals surface area (Å²) in [5.41, 5.74) is 1.16. The first-order valence-electron chi connectivity index (χ1n) is 4.94. The summed E-state index contributed by atoms with van der Waals surface area (Å²) in [5, 5.41) is 3.05. The number of rotatable bonds is 5. The highest BCUT2D eigenvalue weighted by molar-refractivity contribution is 7.98. The number of pyridine rings is 1. The van der Waals surface area contributed by atoms with Crippen LogP contribution in [0, 0.1) is 5.92 Å². The fourth-order valence-electron chi connectivity index (χ4n) is 1.10. The highest BCUT2D eigenvalue weighted by Crippen LogP contribution is 2.14. The molecule has 0 aromatic carbocycles. The zero-order valence-electron chi connectivity index (χ0n) is 9.08. The third-order valence-electron chi connectivity index (χ3n) is 1.76. The van der Waals surface area contributed by atoms with Gasteiger partial charge >= 0.3 is 0 Å². The van der Waals surface area contributed by atoms with Gasteiger partial charge in [-0.2, -0.15) is 11.8 Å². The maximum absolute atomic E-state index is 4.46. The van der Waals surface area contributed by atoms with E-state index in [2.05, 4.69) is 30.2 Å². The van der Waals surface area contributed by atoms with Gasteiger partial charge in [0.05, 0.1) is 5.69 Å². The van der Waals surface area contributed by atoms with Crippen LogP contribution in [-0.4, -0.2) is 17.8 Å². The van der Waals surface area contributed by atoms with E-state index in [1.54, 1.807) is 0 Å². The van der Waals surface area contributed by atoms with Gasteiger partial charge in [0.25, 0.3) is 0 Å². The van der Waals surface area contributed by atoms with Crippen LogP contribution in [0.4, 0.5) is 5.82 Å². The third-order valence-corrected chi connectivity index (χ3v) is 3.17. The molecular weight excluding hydrogens is 192 g/mol. The van der Waals surface area contributed by atoms with Gasteiger partial charge in [0.1, 0.15) is 5.82 Å². The predicted molar refractivity (Wildman–Crippen MR) is 64.8 cm³/mol. The second kappa shape index (κ2) is 5.91. The molecule has 0 spiro atoms. The summed E-state index contributed by atoms with van der Waals surface area (Å²) in [6.07, 6.45) is 0. The molecule has 0 aliphatic rings. The van der Waals surface area contributed by atoms with Crippen molar-refractivity contribution in [1.82, 2.24) is 4.98 Å². The molecular formula is C11H18N2S. The number of aromatic nitrogens is 1. The van der Waals surface area contributed by atoms with E-state index in [1.807, 2.05) is 30.9 Å². The summed E-state index contributed by atoms with van der Waals surface area (Å²) in [6, 6.07) is 6.11. The largest absolute Gasteiger partial charge is 0.373 e. The Hall–Kier alpha value is -0.700. The van der Waals surface area contributed by atoms with Crippen LogP contribution >= 0.6 is 11.8 Å². The van der Waals surface area contributed by atoms with E-state index < -0.39 is 0 Å². The molecule has 0 aliphatic carbocycles. The summed E-state index contributed by atoms with van der Waals surface area (Å²) in [5.74, 6) is 3.92. The van der Waals surface area contributed by atoms with E-state index >= 15 is 0 Å². The van der Waals surface area contributed by atoms with E-state index in [9.17, 15) is 0 Å². The van der Waals surface area contributed by atoms with Crippen molar-refractivity contribution in [2.24, 2.45) is 5.92 Å². The average molecular weight is 210 g/mol. The monoisotopic (exact) mass is 210 g/mol. The van der Waals surface area contributed by atoms with E-state index in [-0.39, 0.29) is 0 Å². The predicted octanol–water partition coefficient (Wildman–Crippen LogP) is 3.01. The standard InChI is InChI=1S/C11H18N2S/c1-9(2)7-14-8-10-5-4-6-11(12-3)13-10/h4-6,9H,7-8H2,1-3H3,(H,12,13). The van der Waals surface area contributed by atoms with E-state index in [1.165, 1.54) is 5.75 Å². The Kier molecular flexibility index (Phi) is 4.80. The highest BCUT2D eigenvalue weighted by atomic mass is 32.2. The lowest BCUT2D eigenvalue weighted by Crippen LogP contribution is -1.96. The van der Waals surface area contributed by atoms with Crippen LogP contribution in [-0.2, 0) is 5.75 Å². The molecule has 1 N–H and O–H groups in total. The Labute approximate surface area is 90.5 Å². The zero-order chi connectivity index (χ0) is 10.4. The lowest BCUT2D eigenvalue weighted by molar-refractivity contribution is 0.750. The molecule has 0 aliphatic heterocycles. The lowest BCUT2D eigenvalue weighted by atomic mass is 10.3. The van der Waals surface area contributed by atoms with E-state index in [0.29, 0.717) is 0 Å². The molecule has 0 atom stereocenters. The van der Waals surface area contributed by atoms with Crippen molar-refractivity contribution in [3.05, 3.63) is 23.9 Å². The van der Waals surface area contributed by atoms with Gasteiger partial charge in [0.2, 0.25) is 0 Å². The highest BCUT2D eigenvalue weighted by Gasteiger charge is 1.98. The Morgan fingerprint density at radius 3 is 2.86 bits per heavy atom. The minimum atomic E-state index is 0.757. The summed E-state index contributed by atoms with van der Waals surface area (Å²) in [6.45, 7) is 4.48. The minimum absolute atomic E-state index is 0.757. The number of anilines is 1. The van der Waals surface area contributed by atoms with Crippen LogP contribution in [0.25, 0.3) is 0 Å². The second-order valence-corrected chi connectivity index (χ2v) is 4.70. The molecule has 1 rings (SSSR count). The molecule has 78 valence electrons. The average Bonchev–Trinajstić information content (AvgIpc) is 2.18. The van der Waals surface area contributed by atoms with Gasteiger partial charge in [-0.1, -0.05) is 19.9 Å². The van der Waals surface area contributed by atoms with Crippen LogP contribution < -0.4 is 5.32 Å². The van der Waals surface area contributed by atoms with Crippen LogP contribution in [0.15, 0.2) is 18.2 Å². The van der Waals surface area contributed by atoms with E-state index in [0.717, 1.165) is 23.2 Å². The van der Waals surface area contributed by atoms with Crippen molar-refractivity contribution < 1.29 is 0 Å². The molecule has 0 saturated carbocycles. The Balaban J connectivity index is 2.42. The smallest absolute Gasteiger partial charge is 0.125 e. The topological polar surface area (TPSA) is 24.9 Å². The van der Waals surface area contributed by atoms with Gasteiger partial charge in [-0.3, -0.25) is 0 Å². The van der Waals surface area contributed by atoms with Crippen molar-refractivity contribution in [3.63, 3.8) is 0 Å². The van der Waals surface area contributed by atoms with Gasteiger partial charge in [0.15, 0.2) is 0 Å². The molecule has 0 fully saturated rings. The van der Waals surface area contributed by atoms with Crippen LogP contribution in [0.5, 0.6) is 0 Å². The van der Waals surface area contributed by atoms with Crippen LogP contribution in [0.1, 0.15) is 19.5 Å². The SMILES string of the molecule is CNc1cccc(CSCC(C)C)n1. The summed E-state index contributed by atoms with van der Waals surface area (Å²) >= 11 is 1.94. The fourth-order valence-corrected chi connectivity index (χ4v) is 2.06. The molecule has 14 heavy (non-hydrogen) atoms. The quantitative estimate of drug-likeness (QED) is 0.808. The van der Waals surface area contributed by atoms with Crippen molar-refractivity contribution in [1.29, 1.82) is 0 Å². The number of hydrogen-bond acceptors (Lipinski definition) is 3. The molecule has 0 radical (unpaired) electrons. The van der Waals surface area contributed by atoms with Crippen molar-refractivity contribution >= 4 is 17.6 Å². The summed E-state index contributed by atoms with van der Waals surface area (Å²) < 4.78 is 0. The van der Waals surface area contributed by atoms with Crippen LogP contribution in [0.2, 0.25) is 0 Å². The fraction of sp³-hybridized carbons (Fsp3) is 0.545. The first kappa shape index (κ1) is 11.4. The van der Waals surface area contributed by atoms with Gasteiger partial charge in [-0.25, -0.2) is 4.98 Å². The number of hydrogen-bond donors (Lipinski definition) is 1. The molecule has 0 saturated heterocycles. The van der Waals surface area contributed by atoms with Gasteiger partial charge in [-0.05, 0) is 23.8 Å². The van der Waals surface area contributed by atoms with Crippen molar-refractivity contribution in [2.45, 2.75) is 19.6 Å². The summed E-state index contributed by atoms with van der Waals surface area (Å²) in [4.78, 5) is 4.46. The van der Waals surface area contributed by atoms with Gasteiger partial charge in [-0.15, -0.1) is 0 Å². The zero-order valence-corrected chi connectivity index (χ0v) is 9.90. The maximum Gasteiger partial charge on any atom is 0.125 e. The lowest BCUT2D eigenvalue weighted by Gasteiger charge is -2.05. The molecule has 1 aromatic rings. The van der Waals surface area contributed by atoms with Crippen molar-refractivity contribution in [3.8, 4) is 0 Å². The molecule has 0 unspecified atom stereocenters. The molecule has 3 heteroatoms. The molecule has 1 aromatic heterocycles. The maximum atomic E-state index is 4.46. The Morgan fingerprint density at radius 1 is 1.43 bits per heavy atom. The van der Waals surface area contributed by atoms with Gasteiger partial charge < -0.3 is 5.32 Å². The minimum Gasteiger partial charge on any atom is -0.373 e. The third kappa shape index (κ3) is 4.01. The molecule has 1 heterocycles. The first-order valence-corrected chi connectivity index (χ1v) is 6.09. The number of nitrogens with one attached hydrogen (secondary N) is 1. The number of nitrogens with zero attached hydrogens (tertiary/aromatic N) is 1. The van der Waals surface area contributed by atoms with E-state index in [4.69, 9.17) is 0 Å². The first-order chi connectivity index (χ1) is 6.72. The summed E-state index contributed by atoms with van der Waals surface area (Å²) in [7, 11) is 1.90. The molecule has 2 nitrogen and oxygen atoms in total. The number of thioether (sulfide) groups is 1. The molecule has 0 bridgehead atoms. The van der Waals surface area contributed by atoms with Crippen molar-refractivity contribution in [2.75, 3.05) is 18.1 Å².